The molecule has 0 spiro atoms. The van der Waals surface area contributed by atoms with Crippen LogP contribution in [0.2, 0.25) is 0 Å². The topological polar surface area (TPSA) is 60.2 Å². The molecule has 0 fully saturated rings. The van der Waals surface area contributed by atoms with E-state index in [2.05, 4.69) is 22.2 Å². The summed E-state index contributed by atoms with van der Waals surface area (Å²) in [5, 5.41) is 14.6. The predicted octanol–water partition coefficient (Wildman–Crippen LogP) is 3.28. The smallest absolute Gasteiger partial charge is 0.188 e. The van der Waals surface area contributed by atoms with E-state index in [1.807, 2.05) is 0 Å². The molecule has 3 rings (SSSR count). The van der Waals surface area contributed by atoms with Crippen LogP contribution in [0, 0.1) is 11.7 Å². The molecule has 0 saturated heterocycles. The van der Waals surface area contributed by atoms with Gasteiger partial charge in [-0.1, -0.05) is 18.2 Å². The second-order valence-corrected chi connectivity index (χ2v) is 7.13. The lowest BCUT2D eigenvalue weighted by Gasteiger charge is -2.18. The Morgan fingerprint density at radius 3 is 2.92 bits per heavy atom. The number of hydrogen-bond acceptors (Lipinski definition) is 4. The molecule has 1 aromatic carbocycles. The van der Waals surface area contributed by atoms with Crippen LogP contribution in [0.4, 0.5) is 4.39 Å². The summed E-state index contributed by atoms with van der Waals surface area (Å²) in [5.41, 5.74) is -0.880. The lowest BCUT2D eigenvalue weighted by molar-refractivity contribution is 0.0562. The summed E-state index contributed by atoms with van der Waals surface area (Å²) in [6.07, 6.45) is 7.41. The Hall–Kier alpha value is -2.21. The van der Waals surface area contributed by atoms with Crippen LogP contribution in [0.1, 0.15) is 38.3 Å². The van der Waals surface area contributed by atoms with Crippen molar-refractivity contribution in [1.29, 1.82) is 0 Å². The molecule has 0 amide bonds. The molecule has 6 heteroatoms. The Labute approximate surface area is 147 Å². The Morgan fingerprint density at radius 1 is 1.40 bits per heavy atom. The molecule has 0 saturated carbocycles. The number of ether oxygens (including phenoxy) is 1. The van der Waals surface area contributed by atoms with E-state index in [1.54, 1.807) is 30.7 Å². The third-order valence-corrected chi connectivity index (χ3v) is 4.05. The number of allylic oxidation sites excluding steroid dienone is 2. The van der Waals surface area contributed by atoms with Gasteiger partial charge in [-0.25, -0.2) is 14.1 Å². The maximum Gasteiger partial charge on any atom is 0.188 e. The molecule has 1 aliphatic carbocycles. The fourth-order valence-electron chi connectivity index (χ4n) is 2.94. The standard InChI is InChI=1S/C19H24FN3O2/c1-19(2,24)13-23-18(10-14-6-3-4-7-14)21-17(22-23)12-25-16-9-5-8-15(20)11-16/h3,5-6,8-9,11,14,24H,4,7,10,12-13H2,1-2H3/t14-/m0/s1. The third-order valence-electron chi connectivity index (χ3n) is 4.05. The van der Waals surface area contributed by atoms with E-state index in [4.69, 9.17) is 4.74 Å². The molecule has 1 atom stereocenters. The second kappa shape index (κ2) is 7.35. The van der Waals surface area contributed by atoms with Crippen molar-refractivity contribution in [2.45, 2.75) is 51.9 Å². The summed E-state index contributed by atoms with van der Waals surface area (Å²) in [5.74, 6) is 1.94. The lowest BCUT2D eigenvalue weighted by atomic mass is 10.0. The van der Waals surface area contributed by atoms with Crippen LogP contribution in [0.25, 0.3) is 0 Å². The maximum atomic E-state index is 13.2. The van der Waals surface area contributed by atoms with Gasteiger partial charge in [0, 0.05) is 12.5 Å². The van der Waals surface area contributed by atoms with Gasteiger partial charge in [0.1, 0.15) is 24.0 Å². The highest BCUT2D eigenvalue weighted by Gasteiger charge is 2.21. The highest BCUT2D eigenvalue weighted by atomic mass is 19.1. The Morgan fingerprint density at radius 2 is 2.24 bits per heavy atom. The summed E-state index contributed by atoms with van der Waals surface area (Å²) in [6, 6.07) is 6.00. The van der Waals surface area contributed by atoms with E-state index in [1.165, 1.54) is 12.1 Å². The van der Waals surface area contributed by atoms with Gasteiger partial charge in [0.15, 0.2) is 5.82 Å². The minimum absolute atomic E-state index is 0.163. The minimum atomic E-state index is -0.880. The average molecular weight is 345 g/mol. The van der Waals surface area contributed by atoms with Crippen molar-refractivity contribution in [3.8, 4) is 5.75 Å². The molecule has 1 N–H and O–H groups in total. The third kappa shape index (κ3) is 5.13. The zero-order chi connectivity index (χ0) is 17.9. The first kappa shape index (κ1) is 17.6. The fraction of sp³-hybridized carbons (Fsp3) is 0.474. The predicted molar refractivity (Wildman–Crippen MR) is 92.6 cm³/mol. The van der Waals surface area contributed by atoms with E-state index in [0.29, 0.717) is 24.0 Å². The summed E-state index contributed by atoms with van der Waals surface area (Å²) >= 11 is 0. The molecule has 0 aliphatic heterocycles. The van der Waals surface area contributed by atoms with Crippen LogP contribution < -0.4 is 4.74 Å². The number of aliphatic hydroxyl groups is 1. The normalized spacial score (nSPS) is 17.2. The number of hydrogen-bond donors (Lipinski definition) is 1. The van der Waals surface area contributed by atoms with Crippen LogP contribution >= 0.6 is 0 Å². The second-order valence-electron chi connectivity index (χ2n) is 7.13. The Kier molecular flexibility index (Phi) is 5.18. The van der Waals surface area contributed by atoms with Crippen molar-refractivity contribution >= 4 is 0 Å². The maximum absolute atomic E-state index is 13.2. The highest BCUT2D eigenvalue weighted by molar-refractivity contribution is 5.22. The van der Waals surface area contributed by atoms with Crippen molar-refractivity contribution in [3.05, 3.63) is 53.9 Å². The first-order chi connectivity index (χ1) is 11.9. The molecular weight excluding hydrogens is 321 g/mol. The average Bonchev–Trinajstić information content (AvgIpc) is 3.15. The van der Waals surface area contributed by atoms with Gasteiger partial charge in [-0.05, 0) is 44.7 Å². The molecule has 0 bridgehead atoms. The summed E-state index contributed by atoms with van der Waals surface area (Å²) in [7, 11) is 0. The fourth-order valence-corrected chi connectivity index (χ4v) is 2.94. The monoisotopic (exact) mass is 345 g/mol. The van der Waals surface area contributed by atoms with Gasteiger partial charge in [0.05, 0.1) is 12.1 Å². The lowest BCUT2D eigenvalue weighted by Crippen LogP contribution is -2.28. The minimum Gasteiger partial charge on any atom is -0.485 e. The number of halogens is 1. The number of benzene rings is 1. The number of nitrogens with zero attached hydrogens (tertiary/aromatic N) is 3. The molecule has 2 aromatic rings. The van der Waals surface area contributed by atoms with Crippen LogP contribution in [0.5, 0.6) is 5.75 Å². The molecule has 0 unspecified atom stereocenters. The highest BCUT2D eigenvalue weighted by Crippen LogP contribution is 2.22. The number of rotatable bonds is 7. The first-order valence-electron chi connectivity index (χ1n) is 8.59. The molecular formula is C19H24FN3O2. The molecule has 5 nitrogen and oxygen atoms in total. The molecule has 1 aromatic heterocycles. The zero-order valence-electron chi connectivity index (χ0n) is 14.7. The summed E-state index contributed by atoms with van der Waals surface area (Å²) < 4.78 is 20.6. The van der Waals surface area contributed by atoms with Crippen molar-refractivity contribution in [1.82, 2.24) is 14.8 Å². The van der Waals surface area contributed by atoms with Gasteiger partial charge >= 0.3 is 0 Å². The van der Waals surface area contributed by atoms with Crippen molar-refractivity contribution in [3.63, 3.8) is 0 Å². The van der Waals surface area contributed by atoms with E-state index in [-0.39, 0.29) is 12.4 Å². The quantitative estimate of drug-likeness (QED) is 0.783. The van der Waals surface area contributed by atoms with Gasteiger partial charge < -0.3 is 9.84 Å². The van der Waals surface area contributed by atoms with Crippen LogP contribution in [-0.2, 0) is 19.6 Å². The molecule has 134 valence electrons. The van der Waals surface area contributed by atoms with Gasteiger partial charge in [-0.2, -0.15) is 5.10 Å². The van der Waals surface area contributed by atoms with Crippen LogP contribution in [-0.4, -0.2) is 25.5 Å². The van der Waals surface area contributed by atoms with E-state index in [9.17, 15) is 9.50 Å². The molecule has 1 heterocycles. The van der Waals surface area contributed by atoms with Crippen molar-refractivity contribution in [2.24, 2.45) is 5.92 Å². The van der Waals surface area contributed by atoms with Gasteiger partial charge in [0.2, 0.25) is 0 Å². The van der Waals surface area contributed by atoms with Gasteiger partial charge in [-0.15, -0.1) is 0 Å². The van der Waals surface area contributed by atoms with Crippen LogP contribution in [0.3, 0.4) is 0 Å². The zero-order valence-corrected chi connectivity index (χ0v) is 14.7. The van der Waals surface area contributed by atoms with Crippen molar-refractivity contribution < 1.29 is 14.2 Å². The van der Waals surface area contributed by atoms with E-state index in [0.717, 1.165) is 25.1 Å². The van der Waals surface area contributed by atoms with E-state index >= 15 is 0 Å². The first-order valence-corrected chi connectivity index (χ1v) is 8.59. The summed E-state index contributed by atoms with van der Waals surface area (Å²) in [6.45, 7) is 4.02. The largest absolute Gasteiger partial charge is 0.485 e. The summed E-state index contributed by atoms with van der Waals surface area (Å²) in [4.78, 5) is 4.58. The van der Waals surface area contributed by atoms with Gasteiger partial charge in [-0.3, -0.25) is 0 Å². The van der Waals surface area contributed by atoms with Gasteiger partial charge in [0.25, 0.3) is 0 Å². The van der Waals surface area contributed by atoms with E-state index < -0.39 is 5.60 Å². The Balaban J connectivity index is 1.73. The van der Waals surface area contributed by atoms with Crippen LogP contribution in [0.15, 0.2) is 36.4 Å². The Bertz CT molecular complexity index is 749. The van der Waals surface area contributed by atoms with Crippen molar-refractivity contribution in [2.75, 3.05) is 0 Å². The molecule has 0 radical (unpaired) electrons. The molecule has 1 aliphatic rings. The molecule has 25 heavy (non-hydrogen) atoms. The number of aromatic nitrogens is 3. The SMILES string of the molecule is CC(C)(O)Cn1nc(COc2cccc(F)c2)nc1C[C@H]1C=CCC1.